The number of benzene rings is 2. The van der Waals surface area contributed by atoms with E-state index in [0.29, 0.717) is 41.6 Å². The molecule has 0 unspecified atom stereocenters. The second kappa shape index (κ2) is 8.24. The highest BCUT2D eigenvalue weighted by Gasteiger charge is 2.07. The van der Waals surface area contributed by atoms with Crippen molar-refractivity contribution in [1.29, 1.82) is 0 Å². The molecule has 0 aliphatic heterocycles. The molecule has 0 aliphatic carbocycles. The van der Waals surface area contributed by atoms with Gasteiger partial charge < -0.3 is 14.6 Å². The SMILES string of the molecule is Cc1nc(COc2ccc(C(=O)NCCc3ccccc3F)cc2)no1. The molecule has 1 amide bonds. The summed E-state index contributed by atoms with van der Waals surface area (Å²) in [6.45, 7) is 2.25. The first-order valence-corrected chi connectivity index (χ1v) is 8.15. The van der Waals surface area contributed by atoms with Crippen molar-refractivity contribution in [1.82, 2.24) is 15.5 Å². The maximum absolute atomic E-state index is 13.5. The zero-order valence-electron chi connectivity index (χ0n) is 14.2. The van der Waals surface area contributed by atoms with Crippen LogP contribution in [0.5, 0.6) is 5.75 Å². The zero-order chi connectivity index (χ0) is 18.4. The first-order chi connectivity index (χ1) is 12.6. The Labute approximate surface area is 150 Å². The summed E-state index contributed by atoms with van der Waals surface area (Å²) in [6, 6.07) is 13.2. The monoisotopic (exact) mass is 355 g/mol. The summed E-state index contributed by atoms with van der Waals surface area (Å²) in [5.74, 6) is 1.04. The van der Waals surface area contributed by atoms with Gasteiger partial charge in [0.1, 0.15) is 11.6 Å². The van der Waals surface area contributed by atoms with Crippen LogP contribution < -0.4 is 10.1 Å². The molecule has 1 N–H and O–H groups in total. The van der Waals surface area contributed by atoms with E-state index < -0.39 is 0 Å². The molecular formula is C19H18FN3O3. The van der Waals surface area contributed by atoms with Gasteiger partial charge >= 0.3 is 0 Å². The number of nitrogens with one attached hydrogen (secondary N) is 1. The third kappa shape index (κ3) is 4.66. The van der Waals surface area contributed by atoms with Crippen molar-refractivity contribution >= 4 is 5.91 Å². The maximum Gasteiger partial charge on any atom is 0.251 e. The molecule has 26 heavy (non-hydrogen) atoms. The average molecular weight is 355 g/mol. The summed E-state index contributed by atoms with van der Waals surface area (Å²) in [5.41, 5.74) is 1.08. The Morgan fingerprint density at radius 3 is 2.65 bits per heavy atom. The van der Waals surface area contributed by atoms with E-state index in [1.165, 1.54) is 6.07 Å². The van der Waals surface area contributed by atoms with Gasteiger partial charge in [-0.3, -0.25) is 4.79 Å². The lowest BCUT2D eigenvalue weighted by Crippen LogP contribution is -2.25. The molecule has 0 spiro atoms. The second-order valence-electron chi connectivity index (χ2n) is 5.64. The highest BCUT2D eigenvalue weighted by molar-refractivity contribution is 5.94. The van der Waals surface area contributed by atoms with Gasteiger partial charge in [-0.25, -0.2) is 4.39 Å². The summed E-state index contributed by atoms with van der Waals surface area (Å²) in [4.78, 5) is 16.2. The molecule has 0 fully saturated rings. The van der Waals surface area contributed by atoms with Gasteiger partial charge in [0.2, 0.25) is 11.7 Å². The molecule has 0 saturated carbocycles. The van der Waals surface area contributed by atoms with Crippen LogP contribution in [0.2, 0.25) is 0 Å². The van der Waals surface area contributed by atoms with Crippen molar-refractivity contribution in [3.63, 3.8) is 0 Å². The minimum absolute atomic E-state index is 0.186. The van der Waals surface area contributed by atoms with Gasteiger partial charge in [-0.2, -0.15) is 4.98 Å². The van der Waals surface area contributed by atoms with Gasteiger partial charge in [-0.05, 0) is 42.3 Å². The number of aromatic nitrogens is 2. The van der Waals surface area contributed by atoms with Crippen LogP contribution in [0, 0.1) is 12.7 Å². The van der Waals surface area contributed by atoms with Crippen LogP contribution in [0.25, 0.3) is 0 Å². The van der Waals surface area contributed by atoms with E-state index in [9.17, 15) is 9.18 Å². The van der Waals surface area contributed by atoms with E-state index in [-0.39, 0.29) is 18.3 Å². The Bertz CT molecular complexity index is 878. The fourth-order valence-electron chi connectivity index (χ4n) is 2.36. The van der Waals surface area contributed by atoms with E-state index in [1.807, 2.05) is 0 Å². The molecular weight excluding hydrogens is 337 g/mol. The molecule has 0 aliphatic rings. The Kier molecular flexibility index (Phi) is 5.58. The number of rotatable bonds is 7. The smallest absolute Gasteiger partial charge is 0.251 e. The van der Waals surface area contributed by atoms with Crippen LogP contribution in [-0.2, 0) is 13.0 Å². The largest absolute Gasteiger partial charge is 0.485 e. The van der Waals surface area contributed by atoms with Gasteiger partial charge in [0.15, 0.2) is 6.61 Å². The van der Waals surface area contributed by atoms with Crippen LogP contribution in [0.15, 0.2) is 53.1 Å². The quantitative estimate of drug-likeness (QED) is 0.705. The first kappa shape index (κ1) is 17.6. The van der Waals surface area contributed by atoms with E-state index in [1.54, 1.807) is 49.4 Å². The summed E-state index contributed by atoms with van der Waals surface area (Å²) >= 11 is 0. The number of hydrogen-bond donors (Lipinski definition) is 1. The average Bonchev–Trinajstić information content (AvgIpc) is 3.07. The third-order valence-electron chi connectivity index (χ3n) is 3.69. The van der Waals surface area contributed by atoms with Crippen molar-refractivity contribution in [3.8, 4) is 5.75 Å². The van der Waals surface area contributed by atoms with Gasteiger partial charge in [-0.1, -0.05) is 23.4 Å². The molecule has 3 rings (SSSR count). The fraction of sp³-hybridized carbons (Fsp3) is 0.211. The molecule has 134 valence electrons. The first-order valence-electron chi connectivity index (χ1n) is 8.15. The molecule has 0 atom stereocenters. The summed E-state index contributed by atoms with van der Waals surface area (Å²) in [5, 5.41) is 6.52. The van der Waals surface area contributed by atoms with E-state index in [4.69, 9.17) is 9.26 Å². The number of carbonyl (C=O) groups excluding carboxylic acids is 1. The van der Waals surface area contributed by atoms with Crippen LogP contribution >= 0.6 is 0 Å². The lowest BCUT2D eigenvalue weighted by Gasteiger charge is -2.07. The molecule has 1 heterocycles. The Morgan fingerprint density at radius 2 is 1.96 bits per heavy atom. The molecule has 0 bridgehead atoms. The number of amides is 1. The standard InChI is InChI=1S/C19H18FN3O3/c1-13-22-18(23-26-13)12-25-16-8-6-15(7-9-16)19(24)21-11-10-14-4-2-3-5-17(14)20/h2-9H,10-12H2,1H3,(H,21,24). The van der Waals surface area contributed by atoms with Crippen molar-refractivity contribution in [2.24, 2.45) is 0 Å². The lowest BCUT2D eigenvalue weighted by molar-refractivity contribution is 0.0954. The molecule has 2 aromatic carbocycles. The number of nitrogens with zero attached hydrogens (tertiary/aromatic N) is 2. The van der Waals surface area contributed by atoms with Crippen LogP contribution in [0.4, 0.5) is 4.39 Å². The Morgan fingerprint density at radius 1 is 1.19 bits per heavy atom. The Hall–Kier alpha value is -3.22. The third-order valence-corrected chi connectivity index (χ3v) is 3.69. The summed E-state index contributed by atoms with van der Waals surface area (Å²) in [7, 11) is 0. The normalized spacial score (nSPS) is 10.5. The highest BCUT2D eigenvalue weighted by Crippen LogP contribution is 2.14. The number of aryl methyl sites for hydroxylation is 1. The van der Waals surface area contributed by atoms with Gasteiger partial charge in [0.25, 0.3) is 5.91 Å². The topological polar surface area (TPSA) is 77.2 Å². The van der Waals surface area contributed by atoms with E-state index in [2.05, 4.69) is 15.5 Å². The number of hydrogen-bond acceptors (Lipinski definition) is 5. The fourth-order valence-corrected chi connectivity index (χ4v) is 2.36. The van der Waals surface area contributed by atoms with Gasteiger partial charge in [0, 0.05) is 19.0 Å². The lowest BCUT2D eigenvalue weighted by atomic mass is 10.1. The predicted molar refractivity (Wildman–Crippen MR) is 92.2 cm³/mol. The molecule has 1 aromatic heterocycles. The number of carbonyl (C=O) groups is 1. The van der Waals surface area contributed by atoms with Crippen LogP contribution in [-0.4, -0.2) is 22.6 Å². The molecule has 7 heteroatoms. The predicted octanol–water partition coefficient (Wildman–Crippen LogP) is 3.07. The maximum atomic E-state index is 13.5. The van der Waals surface area contributed by atoms with E-state index in [0.717, 1.165) is 0 Å². The van der Waals surface area contributed by atoms with Crippen molar-refractivity contribution in [3.05, 3.63) is 77.2 Å². The molecule has 3 aromatic rings. The zero-order valence-corrected chi connectivity index (χ0v) is 14.2. The van der Waals surface area contributed by atoms with Crippen molar-refractivity contribution < 1.29 is 18.4 Å². The minimum Gasteiger partial charge on any atom is -0.485 e. The summed E-state index contributed by atoms with van der Waals surface area (Å²) < 4.78 is 23.9. The number of halogens is 1. The van der Waals surface area contributed by atoms with Crippen LogP contribution in [0.1, 0.15) is 27.6 Å². The van der Waals surface area contributed by atoms with Gasteiger partial charge in [-0.15, -0.1) is 0 Å². The van der Waals surface area contributed by atoms with Crippen molar-refractivity contribution in [2.75, 3.05) is 6.54 Å². The number of ether oxygens (including phenoxy) is 1. The Balaban J connectivity index is 1.48. The van der Waals surface area contributed by atoms with Gasteiger partial charge in [0.05, 0.1) is 0 Å². The second-order valence-corrected chi connectivity index (χ2v) is 5.64. The molecule has 0 saturated heterocycles. The van der Waals surface area contributed by atoms with E-state index >= 15 is 0 Å². The summed E-state index contributed by atoms with van der Waals surface area (Å²) in [6.07, 6.45) is 0.434. The van der Waals surface area contributed by atoms with Crippen molar-refractivity contribution in [2.45, 2.75) is 20.0 Å². The molecule has 0 radical (unpaired) electrons. The minimum atomic E-state index is -0.264. The van der Waals surface area contributed by atoms with Crippen LogP contribution in [0.3, 0.4) is 0 Å². The highest BCUT2D eigenvalue weighted by atomic mass is 19.1. The molecule has 6 nitrogen and oxygen atoms in total.